The van der Waals surface area contributed by atoms with Gasteiger partial charge in [-0.3, -0.25) is 28.5 Å². The number of thioether (sulfide) groups is 1. The van der Waals surface area contributed by atoms with Crippen LogP contribution >= 0.6 is 11.8 Å². The Morgan fingerprint density at radius 1 is 1.31 bits per heavy atom. The number of methoxy groups -OCH3 is 1. The van der Waals surface area contributed by atoms with E-state index in [1.165, 1.54) is 16.2 Å². The van der Waals surface area contributed by atoms with Gasteiger partial charge in [-0.2, -0.15) is 0 Å². The third-order valence-corrected chi connectivity index (χ3v) is 6.28. The number of nitrogens with two attached hydrogens (primary N) is 1. The molecule has 2 aromatic heterocycles. The minimum absolute atomic E-state index is 0.0965. The first-order chi connectivity index (χ1) is 15.3. The lowest BCUT2D eigenvalue weighted by Gasteiger charge is -2.19. The Hall–Kier alpha value is -3.18. The fourth-order valence-electron chi connectivity index (χ4n) is 3.66. The number of ketones is 1. The second-order valence-corrected chi connectivity index (χ2v) is 8.67. The topological polar surface area (TPSA) is 142 Å². The van der Waals surface area contributed by atoms with Crippen LogP contribution in [0, 0.1) is 0 Å². The molecule has 0 saturated heterocycles. The van der Waals surface area contributed by atoms with Gasteiger partial charge in [0, 0.05) is 13.2 Å². The summed E-state index contributed by atoms with van der Waals surface area (Å²) in [5.74, 6) is -0.847. The lowest BCUT2D eigenvalue weighted by Crippen LogP contribution is -2.36. The highest BCUT2D eigenvalue weighted by Crippen LogP contribution is 2.35. The minimum Gasteiger partial charge on any atom is -0.384 e. The number of rotatable bonds is 8. The number of aromatic nitrogens is 4. The Balaban J connectivity index is 1.70. The van der Waals surface area contributed by atoms with E-state index in [9.17, 15) is 19.2 Å². The van der Waals surface area contributed by atoms with Gasteiger partial charge in [-0.1, -0.05) is 23.9 Å². The number of benzene rings is 1. The number of ether oxygens (including phenoxy) is 1. The molecule has 3 aromatic rings. The average molecular weight is 458 g/mol. The minimum atomic E-state index is -0.813. The number of nitrogens with zero attached hydrogens (tertiary/aromatic N) is 3. The average Bonchev–Trinajstić information content (AvgIpc) is 3.57. The molecule has 4 rings (SSSR count). The van der Waals surface area contributed by atoms with E-state index < -0.39 is 17.0 Å². The smallest absolute Gasteiger partial charge is 0.330 e. The van der Waals surface area contributed by atoms with E-state index in [1.54, 1.807) is 24.3 Å². The highest BCUT2D eigenvalue weighted by atomic mass is 32.2. The van der Waals surface area contributed by atoms with E-state index in [2.05, 4.69) is 9.97 Å². The normalized spacial score (nSPS) is 14.6. The Morgan fingerprint density at radius 2 is 2.03 bits per heavy atom. The predicted molar refractivity (Wildman–Crippen MR) is 122 cm³/mol. The molecule has 11 heteroatoms. The maximum absolute atomic E-state index is 13.1. The van der Waals surface area contributed by atoms with Crippen LogP contribution in [-0.4, -0.2) is 44.4 Å². The number of aromatic amines is 1. The molecular weight excluding hydrogens is 434 g/mol. The number of H-pyrrole nitrogens is 1. The molecule has 1 saturated carbocycles. The summed E-state index contributed by atoms with van der Waals surface area (Å²) in [6.07, 6.45) is 1.53. The maximum Gasteiger partial charge on any atom is 0.330 e. The third-order valence-electron chi connectivity index (χ3n) is 5.33. The molecule has 0 spiro atoms. The summed E-state index contributed by atoms with van der Waals surface area (Å²) < 4.78 is 7.96. The fourth-order valence-corrected chi connectivity index (χ4v) is 4.63. The van der Waals surface area contributed by atoms with Crippen LogP contribution in [0.5, 0.6) is 0 Å². The number of nitrogens with one attached hydrogen (secondary N) is 1. The van der Waals surface area contributed by atoms with Gasteiger partial charge in [-0.25, -0.2) is 9.78 Å². The monoisotopic (exact) mass is 457 g/mol. The van der Waals surface area contributed by atoms with Gasteiger partial charge < -0.3 is 10.5 Å². The second-order valence-electron chi connectivity index (χ2n) is 7.72. The zero-order valence-corrected chi connectivity index (χ0v) is 18.5. The van der Waals surface area contributed by atoms with Crippen molar-refractivity contribution in [3.8, 4) is 0 Å². The van der Waals surface area contributed by atoms with Crippen molar-refractivity contribution >= 4 is 34.3 Å². The lowest BCUT2D eigenvalue weighted by molar-refractivity contribution is 0.102. The molecule has 1 aliphatic rings. The van der Waals surface area contributed by atoms with Crippen LogP contribution in [0.2, 0.25) is 0 Å². The number of para-hydroxylation sites is 1. The van der Waals surface area contributed by atoms with E-state index in [1.807, 2.05) is 6.92 Å². The number of nitrogen functional groups attached to an aromatic ring is 1. The van der Waals surface area contributed by atoms with Gasteiger partial charge >= 0.3 is 5.69 Å². The van der Waals surface area contributed by atoms with Crippen molar-refractivity contribution in [3.63, 3.8) is 0 Å². The zero-order chi connectivity index (χ0) is 23.0. The van der Waals surface area contributed by atoms with E-state index in [-0.39, 0.29) is 41.4 Å². The van der Waals surface area contributed by atoms with Crippen molar-refractivity contribution < 1.29 is 9.53 Å². The van der Waals surface area contributed by atoms with Gasteiger partial charge in [0.15, 0.2) is 10.9 Å². The van der Waals surface area contributed by atoms with Crippen molar-refractivity contribution in [3.05, 3.63) is 61.0 Å². The highest BCUT2D eigenvalue weighted by Gasteiger charge is 2.30. The molecule has 2 heterocycles. The van der Waals surface area contributed by atoms with Crippen molar-refractivity contribution in [2.75, 3.05) is 25.2 Å². The van der Waals surface area contributed by atoms with Gasteiger partial charge in [0.05, 0.1) is 29.3 Å². The molecule has 0 bridgehead atoms. The van der Waals surface area contributed by atoms with Crippen LogP contribution in [0.15, 0.2) is 43.8 Å². The summed E-state index contributed by atoms with van der Waals surface area (Å²) in [7, 11) is 1.54. The Bertz CT molecular complexity index is 1370. The quantitative estimate of drug-likeness (QED) is 0.293. The van der Waals surface area contributed by atoms with Gasteiger partial charge in [0.1, 0.15) is 11.4 Å². The lowest BCUT2D eigenvalue weighted by atomic mass is 10.2. The molecule has 0 amide bonds. The van der Waals surface area contributed by atoms with E-state index in [0.29, 0.717) is 16.1 Å². The number of hydrogen-bond acceptors (Lipinski definition) is 8. The number of hydrogen-bond donors (Lipinski definition) is 2. The summed E-state index contributed by atoms with van der Waals surface area (Å²) >= 11 is 1.04. The van der Waals surface area contributed by atoms with Gasteiger partial charge in [0.25, 0.3) is 11.1 Å². The molecule has 1 atom stereocenters. The maximum atomic E-state index is 13.1. The molecule has 1 aliphatic carbocycles. The first kappa shape index (κ1) is 22.0. The molecule has 0 unspecified atom stereocenters. The van der Waals surface area contributed by atoms with E-state index >= 15 is 0 Å². The molecule has 0 aliphatic heterocycles. The first-order valence-electron chi connectivity index (χ1n) is 10.1. The number of Topliss-reactive ketones (excluding diaryl/α,β-unsaturated/α-hetero) is 1. The van der Waals surface area contributed by atoms with Crippen LogP contribution < -0.4 is 22.5 Å². The summed E-state index contributed by atoms with van der Waals surface area (Å²) in [4.78, 5) is 57.2. The summed E-state index contributed by atoms with van der Waals surface area (Å²) in [6, 6.07) is 6.53. The van der Waals surface area contributed by atoms with Crippen LogP contribution in [0.3, 0.4) is 0 Å². The molecule has 1 aromatic carbocycles. The van der Waals surface area contributed by atoms with Crippen LogP contribution in [0.1, 0.15) is 42.2 Å². The molecule has 3 N–H and O–H groups in total. The van der Waals surface area contributed by atoms with Crippen molar-refractivity contribution in [1.82, 2.24) is 19.1 Å². The van der Waals surface area contributed by atoms with E-state index in [0.717, 1.165) is 24.6 Å². The van der Waals surface area contributed by atoms with E-state index in [4.69, 9.17) is 10.5 Å². The summed E-state index contributed by atoms with van der Waals surface area (Å²) in [5, 5.41) is 0.792. The zero-order valence-electron chi connectivity index (χ0n) is 17.7. The van der Waals surface area contributed by atoms with Crippen molar-refractivity contribution in [2.45, 2.75) is 37.0 Å². The standard InChI is InChI=1S/C21H23N5O5S/c1-11(9-31-2)25-19(29)13-5-3-4-6-14(13)23-21(25)32-10-15(27)16-17(22)26(12-7-8-12)20(30)24-18(16)28/h3-6,11-12H,7-10,22H2,1-2H3,(H,24,28,30)/t11-/m1/s1. The first-order valence-corrected chi connectivity index (χ1v) is 11.1. The molecule has 10 nitrogen and oxygen atoms in total. The Kier molecular flexibility index (Phi) is 6.02. The summed E-state index contributed by atoms with van der Waals surface area (Å²) in [6.45, 7) is 2.10. The third kappa shape index (κ3) is 4.00. The molecule has 0 radical (unpaired) electrons. The number of anilines is 1. The predicted octanol–water partition coefficient (Wildman–Crippen LogP) is 1.35. The van der Waals surface area contributed by atoms with Gasteiger partial charge in [-0.15, -0.1) is 0 Å². The number of carbonyl (C=O) groups is 1. The molecule has 168 valence electrons. The van der Waals surface area contributed by atoms with Crippen LogP contribution in [-0.2, 0) is 4.74 Å². The van der Waals surface area contributed by atoms with Crippen LogP contribution in [0.25, 0.3) is 10.9 Å². The van der Waals surface area contributed by atoms with Crippen molar-refractivity contribution in [1.29, 1.82) is 0 Å². The number of carbonyl (C=O) groups excluding carboxylic acids is 1. The molecule has 32 heavy (non-hydrogen) atoms. The van der Waals surface area contributed by atoms with Crippen molar-refractivity contribution in [2.24, 2.45) is 0 Å². The highest BCUT2D eigenvalue weighted by molar-refractivity contribution is 7.99. The summed E-state index contributed by atoms with van der Waals surface area (Å²) in [5.41, 5.74) is 4.63. The second kappa shape index (κ2) is 8.75. The van der Waals surface area contributed by atoms with Crippen LogP contribution in [0.4, 0.5) is 5.82 Å². The Labute approximate surface area is 186 Å². The van der Waals surface area contributed by atoms with Gasteiger partial charge in [0.2, 0.25) is 0 Å². The van der Waals surface area contributed by atoms with Gasteiger partial charge in [-0.05, 0) is 31.9 Å². The largest absolute Gasteiger partial charge is 0.384 e. The Morgan fingerprint density at radius 3 is 2.72 bits per heavy atom. The molecule has 1 fully saturated rings. The molecular formula is C21H23N5O5S. The SMILES string of the molecule is COC[C@@H](C)n1c(SCC(=O)c2c(N)n(C3CC3)c(=O)[nH]c2=O)nc2ccccc2c1=O. The number of fused-ring (bicyclic) bond motifs is 1. The fraction of sp³-hybridized carbons (Fsp3) is 0.381.